The van der Waals surface area contributed by atoms with Crippen molar-refractivity contribution in [1.29, 1.82) is 0 Å². The number of ketones is 1. The summed E-state index contributed by atoms with van der Waals surface area (Å²) < 4.78 is 1.58. The minimum absolute atomic E-state index is 0.108. The number of hydrogen-bond donors (Lipinski definition) is 0. The Bertz CT molecular complexity index is 427. The fourth-order valence-electron chi connectivity index (χ4n) is 1.99. The molecule has 1 heterocycles. The summed E-state index contributed by atoms with van der Waals surface area (Å²) in [4.78, 5) is 16.4. The molecular weight excluding hydrogens is 250 g/mol. The molecule has 0 saturated carbocycles. The lowest BCUT2D eigenvalue weighted by Crippen LogP contribution is -2.24. The lowest BCUT2D eigenvalue weighted by Gasteiger charge is -2.18. The van der Waals surface area contributed by atoms with Crippen LogP contribution in [-0.4, -0.2) is 20.5 Å². The van der Waals surface area contributed by atoms with Crippen LogP contribution in [-0.2, 0) is 4.79 Å². The van der Waals surface area contributed by atoms with Gasteiger partial charge in [-0.1, -0.05) is 59.5 Å². The van der Waals surface area contributed by atoms with E-state index in [1.807, 2.05) is 26.8 Å². The van der Waals surface area contributed by atoms with Gasteiger partial charge in [0.15, 0.2) is 5.78 Å². The molecule has 0 N–H and O–H groups in total. The fraction of sp³-hybridized carbons (Fsp3) is 0.688. The van der Waals surface area contributed by atoms with Gasteiger partial charge in [0, 0.05) is 5.41 Å². The Hall–Kier alpha value is -1.45. The third kappa shape index (κ3) is 5.27. The molecule has 0 aliphatic heterocycles. The average molecular weight is 277 g/mol. The number of allylic oxidation sites excluding steroid dienone is 2. The summed E-state index contributed by atoms with van der Waals surface area (Å²) in [6.07, 6.45) is 12.1. The minimum Gasteiger partial charge on any atom is -0.292 e. The maximum absolute atomic E-state index is 12.5. The molecule has 0 amide bonds. The second-order valence-electron chi connectivity index (χ2n) is 6.21. The molecule has 0 aromatic carbocycles. The zero-order valence-corrected chi connectivity index (χ0v) is 13.2. The van der Waals surface area contributed by atoms with Gasteiger partial charge in [0.1, 0.15) is 18.4 Å². The van der Waals surface area contributed by atoms with Gasteiger partial charge in [-0.15, -0.1) is 0 Å². The van der Waals surface area contributed by atoms with Crippen molar-refractivity contribution in [3.05, 3.63) is 18.7 Å². The third-order valence-electron chi connectivity index (χ3n) is 3.22. The second-order valence-corrected chi connectivity index (χ2v) is 6.21. The fourth-order valence-corrected chi connectivity index (χ4v) is 1.99. The first-order valence-corrected chi connectivity index (χ1v) is 7.56. The summed E-state index contributed by atoms with van der Waals surface area (Å²) in [5.74, 6) is 0.108. The van der Waals surface area contributed by atoms with Crippen molar-refractivity contribution >= 4 is 11.5 Å². The van der Waals surface area contributed by atoms with Gasteiger partial charge in [0.25, 0.3) is 0 Å². The third-order valence-corrected chi connectivity index (χ3v) is 3.22. The molecule has 0 radical (unpaired) electrons. The normalized spacial score (nSPS) is 12.7. The predicted molar refractivity (Wildman–Crippen MR) is 82.1 cm³/mol. The molecule has 1 aromatic rings. The second kappa shape index (κ2) is 7.98. The maximum Gasteiger partial charge on any atom is 0.186 e. The summed E-state index contributed by atoms with van der Waals surface area (Å²) in [6, 6.07) is 0. The van der Waals surface area contributed by atoms with Crippen LogP contribution in [0.2, 0.25) is 0 Å². The highest BCUT2D eigenvalue weighted by Gasteiger charge is 2.26. The Morgan fingerprint density at radius 1 is 1.20 bits per heavy atom. The average Bonchev–Trinajstić information content (AvgIpc) is 2.90. The van der Waals surface area contributed by atoms with Crippen molar-refractivity contribution in [1.82, 2.24) is 14.8 Å². The molecule has 4 nitrogen and oxygen atoms in total. The number of unbranched alkanes of at least 4 members (excludes halogenated alkanes) is 5. The summed E-state index contributed by atoms with van der Waals surface area (Å²) in [6.45, 7) is 8.01. The van der Waals surface area contributed by atoms with Crippen LogP contribution in [0.25, 0.3) is 5.70 Å². The van der Waals surface area contributed by atoms with E-state index in [-0.39, 0.29) is 5.78 Å². The summed E-state index contributed by atoms with van der Waals surface area (Å²) in [5.41, 5.74) is 0.241. The highest BCUT2D eigenvalue weighted by atomic mass is 16.1. The molecular formula is C16H27N3O. The van der Waals surface area contributed by atoms with Crippen LogP contribution in [0.3, 0.4) is 0 Å². The molecule has 0 saturated heterocycles. The summed E-state index contributed by atoms with van der Waals surface area (Å²) in [7, 11) is 0. The topological polar surface area (TPSA) is 47.8 Å². The Labute approximate surface area is 122 Å². The number of rotatable bonds is 8. The number of carbonyl (C=O) groups excluding carboxylic acids is 1. The molecule has 112 valence electrons. The van der Waals surface area contributed by atoms with Crippen molar-refractivity contribution < 1.29 is 4.79 Å². The molecule has 0 atom stereocenters. The van der Waals surface area contributed by atoms with E-state index in [9.17, 15) is 4.79 Å². The first kappa shape index (κ1) is 16.6. The van der Waals surface area contributed by atoms with Crippen molar-refractivity contribution in [3.63, 3.8) is 0 Å². The van der Waals surface area contributed by atoms with Crippen molar-refractivity contribution in [3.8, 4) is 0 Å². The lowest BCUT2D eigenvalue weighted by atomic mass is 9.88. The van der Waals surface area contributed by atoms with Gasteiger partial charge in [0.2, 0.25) is 0 Å². The highest BCUT2D eigenvalue weighted by Crippen LogP contribution is 2.23. The summed E-state index contributed by atoms with van der Waals surface area (Å²) >= 11 is 0. The highest BCUT2D eigenvalue weighted by molar-refractivity contribution is 6.17. The SMILES string of the molecule is CCCCCCC/C=C(/C(=O)C(C)(C)C)n1cncn1. The van der Waals surface area contributed by atoms with E-state index in [4.69, 9.17) is 0 Å². The number of hydrogen-bond acceptors (Lipinski definition) is 3. The Morgan fingerprint density at radius 3 is 2.45 bits per heavy atom. The summed E-state index contributed by atoms with van der Waals surface area (Å²) in [5, 5.41) is 4.10. The molecule has 0 aliphatic carbocycles. The standard InChI is InChI=1S/C16H27N3O/c1-5-6-7-8-9-10-11-14(15(20)16(2,3)4)19-13-17-12-18-19/h11-13H,5-10H2,1-4H3/b14-11-. The van der Waals surface area contributed by atoms with E-state index in [2.05, 4.69) is 17.0 Å². The monoisotopic (exact) mass is 277 g/mol. The zero-order chi connectivity index (χ0) is 15.0. The zero-order valence-electron chi connectivity index (χ0n) is 13.2. The van der Waals surface area contributed by atoms with Crippen LogP contribution in [0.4, 0.5) is 0 Å². The van der Waals surface area contributed by atoms with Gasteiger partial charge < -0.3 is 0 Å². The van der Waals surface area contributed by atoms with Crippen LogP contribution in [0, 0.1) is 5.41 Å². The predicted octanol–water partition coefficient (Wildman–Crippen LogP) is 4.09. The van der Waals surface area contributed by atoms with E-state index in [1.165, 1.54) is 32.0 Å². The van der Waals surface area contributed by atoms with Crippen LogP contribution < -0.4 is 0 Å². The van der Waals surface area contributed by atoms with E-state index in [0.717, 1.165) is 12.8 Å². The quantitative estimate of drug-likeness (QED) is 0.531. The Kier molecular flexibility index (Phi) is 6.62. The van der Waals surface area contributed by atoms with E-state index < -0.39 is 5.41 Å². The van der Waals surface area contributed by atoms with Gasteiger partial charge in [-0.2, -0.15) is 5.10 Å². The molecule has 1 rings (SSSR count). The van der Waals surface area contributed by atoms with Crippen LogP contribution in [0.1, 0.15) is 66.2 Å². The molecule has 0 unspecified atom stereocenters. The number of nitrogens with zero attached hydrogens (tertiary/aromatic N) is 3. The number of carbonyl (C=O) groups is 1. The van der Waals surface area contributed by atoms with Gasteiger partial charge >= 0.3 is 0 Å². The smallest absolute Gasteiger partial charge is 0.186 e. The largest absolute Gasteiger partial charge is 0.292 e. The lowest BCUT2D eigenvalue weighted by molar-refractivity contribution is -0.120. The van der Waals surface area contributed by atoms with Gasteiger partial charge in [-0.3, -0.25) is 4.79 Å². The van der Waals surface area contributed by atoms with E-state index in [1.54, 1.807) is 11.0 Å². The van der Waals surface area contributed by atoms with Crippen LogP contribution in [0.15, 0.2) is 18.7 Å². The molecule has 0 fully saturated rings. The molecule has 4 heteroatoms. The van der Waals surface area contributed by atoms with Crippen molar-refractivity contribution in [2.24, 2.45) is 5.41 Å². The van der Waals surface area contributed by atoms with E-state index in [0.29, 0.717) is 5.70 Å². The Balaban J connectivity index is 2.67. The van der Waals surface area contributed by atoms with Crippen LogP contribution in [0.5, 0.6) is 0 Å². The first-order chi connectivity index (χ1) is 9.46. The molecule has 20 heavy (non-hydrogen) atoms. The Morgan fingerprint density at radius 2 is 1.90 bits per heavy atom. The molecule has 1 aromatic heterocycles. The first-order valence-electron chi connectivity index (χ1n) is 7.56. The maximum atomic E-state index is 12.5. The van der Waals surface area contributed by atoms with E-state index >= 15 is 0 Å². The van der Waals surface area contributed by atoms with Gasteiger partial charge in [0.05, 0.1) is 0 Å². The molecule has 0 spiro atoms. The van der Waals surface area contributed by atoms with Crippen LogP contribution >= 0.6 is 0 Å². The van der Waals surface area contributed by atoms with Gasteiger partial charge in [-0.05, 0) is 12.8 Å². The van der Waals surface area contributed by atoms with Crippen molar-refractivity contribution in [2.45, 2.75) is 66.2 Å². The molecule has 0 bridgehead atoms. The minimum atomic E-state index is -0.403. The molecule has 0 aliphatic rings. The van der Waals surface area contributed by atoms with Gasteiger partial charge in [-0.25, -0.2) is 9.67 Å². The number of Topliss-reactive ketones (excluding diaryl/α,β-unsaturated/α-hetero) is 1. The number of aromatic nitrogens is 3. The van der Waals surface area contributed by atoms with Crippen molar-refractivity contribution in [2.75, 3.05) is 0 Å².